The first-order valence-corrected chi connectivity index (χ1v) is 7.75. The Labute approximate surface area is 164 Å². The van der Waals surface area contributed by atoms with E-state index in [0.717, 1.165) is 18.2 Å². The molecule has 0 heterocycles. The molecule has 0 fully saturated rings. The molecule has 0 aliphatic rings. The predicted molar refractivity (Wildman–Crippen MR) is 76.1 cm³/mol. The molecule has 1 aromatic rings. The smallest absolute Gasteiger partial charge is 0.388 e. The summed E-state index contributed by atoms with van der Waals surface area (Å²) in [6.45, 7) is -0.0618. The van der Waals surface area contributed by atoms with E-state index in [1.54, 1.807) is 0 Å². The maximum Gasteiger partial charge on any atom is 0.460 e. The molecule has 1 N–H and O–H groups in total. The van der Waals surface area contributed by atoms with Crippen molar-refractivity contribution in [2.75, 3.05) is 0 Å². The van der Waals surface area contributed by atoms with Gasteiger partial charge in [0.2, 0.25) is 0 Å². The molecule has 1 aromatic carbocycles. The standard InChI is InChI=1S/C16H10F13NO/c1-7(10(31)9-4-2-3-8(5-9)6-30)11(17,18)12(19,20)13(21,22)14(23,24)15(25,26)16(27,28)29/h2-5,7,10,31H,1H3. The molecular formula is C16H10F13NO. The van der Waals surface area contributed by atoms with Crippen LogP contribution in [0.4, 0.5) is 57.1 Å². The Bertz CT molecular complexity index is 841. The van der Waals surface area contributed by atoms with Gasteiger partial charge in [-0.3, -0.25) is 0 Å². The summed E-state index contributed by atoms with van der Waals surface area (Å²) in [6, 6.07) is 4.82. The molecule has 0 aliphatic carbocycles. The van der Waals surface area contributed by atoms with Gasteiger partial charge in [0.05, 0.1) is 23.7 Å². The summed E-state index contributed by atoms with van der Waals surface area (Å²) >= 11 is 0. The molecule has 176 valence electrons. The molecule has 0 spiro atoms. The lowest BCUT2D eigenvalue weighted by Gasteiger charge is -2.42. The van der Waals surface area contributed by atoms with E-state index in [4.69, 9.17) is 5.26 Å². The third kappa shape index (κ3) is 3.90. The third-order valence-electron chi connectivity index (χ3n) is 4.36. The van der Waals surface area contributed by atoms with E-state index >= 15 is 0 Å². The van der Waals surface area contributed by atoms with Crippen LogP contribution in [0.5, 0.6) is 0 Å². The highest BCUT2D eigenvalue weighted by molar-refractivity contribution is 5.34. The predicted octanol–water partition coefficient (Wildman–Crippen LogP) is 5.97. The molecule has 0 aliphatic heterocycles. The van der Waals surface area contributed by atoms with Crippen molar-refractivity contribution in [1.82, 2.24) is 0 Å². The Kier molecular flexibility index (Phi) is 6.67. The Morgan fingerprint density at radius 2 is 1.23 bits per heavy atom. The number of nitriles is 1. The van der Waals surface area contributed by atoms with Crippen molar-refractivity contribution in [3.63, 3.8) is 0 Å². The second-order valence-electron chi connectivity index (χ2n) is 6.39. The molecule has 15 heteroatoms. The number of aliphatic hydroxyl groups excluding tert-OH is 1. The second kappa shape index (κ2) is 7.72. The zero-order valence-corrected chi connectivity index (χ0v) is 14.8. The molecule has 2 atom stereocenters. The minimum absolute atomic E-state index is 0.0618. The Balaban J connectivity index is 3.49. The van der Waals surface area contributed by atoms with Gasteiger partial charge in [0.1, 0.15) is 0 Å². The van der Waals surface area contributed by atoms with Gasteiger partial charge in [-0.15, -0.1) is 0 Å². The SMILES string of the molecule is CC(C(O)c1cccc(C#N)c1)C(F)(F)C(F)(F)C(F)(F)C(F)(F)C(F)(F)C(F)(F)F. The minimum Gasteiger partial charge on any atom is -0.388 e. The summed E-state index contributed by atoms with van der Waals surface area (Å²) in [5, 5.41) is 18.4. The van der Waals surface area contributed by atoms with Crippen molar-refractivity contribution in [1.29, 1.82) is 5.26 Å². The van der Waals surface area contributed by atoms with Gasteiger partial charge in [-0.2, -0.15) is 62.3 Å². The molecule has 0 bridgehead atoms. The summed E-state index contributed by atoms with van der Waals surface area (Å²) in [7, 11) is 0. The number of aliphatic hydroxyl groups is 1. The van der Waals surface area contributed by atoms with Crippen LogP contribution in [0.2, 0.25) is 0 Å². The van der Waals surface area contributed by atoms with Gasteiger partial charge in [-0.05, 0) is 17.7 Å². The normalized spacial score (nSPS) is 16.6. The number of alkyl halides is 13. The van der Waals surface area contributed by atoms with Crippen LogP contribution in [0.3, 0.4) is 0 Å². The van der Waals surface area contributed by atoms with Crippen molar-refractivity contribution >= 4 is 0 Å². The van der Waals surface area contributed by atoms with Crippen molar-refractivity contribution < 1.29 is 62.2 Å². The van der Waals surface area contributed by atoms with Gasteiger partial charge in [0.25, 0.3) is 0 Å². The van der Waals surface area contributed by atoms with E-state index in [9.17, 15) is 62.2 Å². The molecule has 0 saturated carbocycles. The van der Waals surface area contributed by atoms with E-state index in [-0.39, 0.29) is 12.5 Å². The first-order valence-electron chi connectivity index (χ1n) is 7.75. The molecule has 2 nitrogen and oxygen atoms in total. The first kappa shape index (κ1) is 26.8. The monoisotopic (exact) mass is 479 g/mol. The van der Waals surface area contributed by atoms with E-state index in [2.05, 4.69) is 0 Å². The summed E-state index contributed by atoms with van der Waals surface area (Å²) < 4.78 is 171. The Morgan fingerprint density at radius 3 is 1.65 bits per heavy atom. The zero-order chi connectivity index (χ0) is 24.8. The van der Waals surface area contributed by atoms with Gasteiger partial charge in [0, 0.05) is 0 Å². The summed E-state index contributed by atoms with van der Waals surface area (Å²) in [4.78, 5) is 0. The number of hydrogen-bond donors (Lipinski definition) is 1. The van der Waals surface area contributed by atoms with Crippen molar-refractivity contribution in [3.05, 3.63) is 35.4 Å². The van der Waals surface area contributed by atoms with Crippen molar-refractivity contribution in [2.45, 2.75) is 48.8 Å². The van der Waals surface area contributed by atoms with Gasteiger partial charge < -0.3 is 5.11 Å². The van der Waals surface area contributed by atoms with Crippen LogP contribution < -0.4 is 0 Å². The maximum atomic E-state index is 14.1. The van der Waals surface area contributed by atoms with Crippen molar-refractivity contribution in [2.24, 2.45) is 5.92 Å². The Hall–Kier alpha value is -2.24. The molecular weight excluding hydrogens is 469 g/mol. The molecule has 2 unspecified atom stereocenters. The van der Waals surface area contributed by atoms with E-state index in [1.165, 1.54) is 6.07 Å². The van der Waals surface area contributed by atoms with Gasteiger partial charge in [-0.25, -0.2) is 0 Å². The van der Waals surface area contributed by atoms with E-state index in [1.807, 2.05) is 0 Å². The van der Waals surface area contributed by atoms with Crippen LogP contribution >= 0.6 is 0 Å². The first-order chi connectivity index (χ1) is 13.6. The molecule has 0 amide bonds. The lowest BCUT2D eigenvalue weighted by molar-refractivity contribution is -0.444. The molecule has 0 radical (unpaired) electrons. The zero-order valence-electron chi connectivity index (χ0n) is 14.8. The average molecular weight is 479 g/mol. The van der Waals surface area contributed by atoms with Gasteiger partial charge in [-0.1, -0.05) is 19.1 Å². The minimum atomic E-state index is -8.00. The molecule has 0 saturated heterocycles. The van der Waals surface area contributed by atoms with E-state index < -0.39 is 53.4 Å². The average Bonchev–Trinajstić information content (AvgIpc) is 2.65. The van der Waals surface area contributed by atoms with E-state index in [0.29, 0.717) is 6.07 Å². The van der Waals surface area contributed by atoms with Gasteiger partial charge in [0.15, 0.2) is 0 Å². The van der Waals surface area contributed by atoms with Crippen LogP contribution in [-0.4, -0.2) is 40.9 Å². The summed E-state index contributed by atoms with van der Waals surface area (Å²) in [5.41, 5.74) is -1.08. The highest BCUT2D eigenvalue weighted by Crippen LogP contribution is 2.61. The number of halogens is 13. The van der Waals surface area contributed by atoms with Gasteiger partial charge >= 0.3 is 35.8 Å². The molecule has 31 heavy (non-hydrogen) atoms. The fraction of sp³-hybridized carbons (Fsp3) is 0.562. The largest absolute Gasteiger partial charge is 0.460 e. The fourth-order valence-corrected chi connectivity index (χ4v) is 2.35. The second-order valence-corrected chi connectivity index (χ2v) is 6.39. The molecule has 0 aromatic heterocycles. The molecule has 1 rings (SSSR count). The highest BCUT2D eigenvalue weighted by Gasteiger charge is 2.91. The Morgan fingerprint density at radius 1 is 0.774 bits per heavy atom. The number of nitrogens with zero attached hydrogens (tertiary/aromatic N) is 1. The summed E-state index contributed by atoms with van der Waals surface area (Å²) in [6.07, 6.45) is -10.3. The van der Waals surface area contributed by atoms with Crippen LogP contribution in [0.1, 0.15) is 24.2 Å². The van der Waals surface area contributed by atoms with Crippen LogP contribution in [-0.2, 0) is 0 Å². The summed E-state index contributed by atoms with van der Waals surface area (Å²) in [5.74, 6) is -41.1. The lowest BCUT2D eigenvalue weighted by Crippen LogP contribution is -2.71. The maximum absolute atomic E-state index is 14.1. The number of hydrogen-bond acceptors (Lipinski definition) is 2. The topological polar surface area (TPSA) is 44.0 Å². The van der Waals surface area contributed by atoms with Crippen LogP contribution in [0, 0.1) is 17.2 Å². The van der Waals surface area contributed by atoms with Crippen LogP contribution in [0.25, 0.3) is 0 Å². The van der Waals surface area contributed by atoms with Crippen molar-refractivity contribution in [3.8, 4) is 6.07 Å². The van der Waals surface area contributed by atoms with Crippen LogP contribution in [0.15, 0.2) is 24.3 Å². The number of benzene rings is 1. The fourth-order valence-electron chi connectivity index (χ4n) is 2.35. The quantitative estimate of drug-likeness (QED) is 0.491. The highest BCUT2D eigenvalue weighted by atomic mass is 19.4. The third-order valence-corrected chi connectivity index (χ3v) is 4.36. The lowest BCUT2D eigenvalue weighted by atomic mass is 9.83. The number of rotatable bonds is 7.